The molecular formula is C13H12ClFN2O2S. The average Bonchev–Trinajstić information content (AvgIpc) is 2.36. The number of aryl methyl sites for hydroxylation is 1. The van der Waals surface area contributed by atoms with Gasteiger partial charge in [0.25, 0.3) is 10.0 Å². The Morgan fingerprint density at radius 3 is 2.50 bits per heavy atom. The van der Waals surface area contributed by atoms with E-state index >= 15 is 0 Å². The molecule has 0 amide bonds. The van der Waals surface area contributed by atoms with Crippen LogP contribution in [-0.4, -0.2) is 8.42 Å². The molecule has 0 atom stereocenters. The summed E-state index contributed by atoms with van der Waals surface area (Å²) in [6.45, 7) is 1.69. The third kappa shape index (κ3) is 3.02. The van der Waals surface area contributed by atoms with E-state index in [1.165, 1.54) is 30.3 Å². The van der Waals surface area contributed by atoms with Gasteiger partial charge in [0, 0.05) is 10.7 Å². The van der Waals surface area contributed by atoms with Crippen LogP contribution in [-0.2, 0) is 10.0 Å². The molecule has 0 heterocycles. The van der Waals surface area contributed by atoms with Crippen LogP contribution in [0.5, 0.6) is 0 Å². The SMILES string of the molecule is Cc1cc(S(=O)(=O)Nc2ccc(Cl)cc2F)ccc1N. The van der Waals surface area contributed by atoms with Crippen LogP contribution in [0.4, 0.5) is 15.8 Å². The van der Waals surface area contributed by atoms with Crippen molar-refractivity contribution in [2.75, 3.05) is 10.5 Å². The van der Waals surface area contributed by atoms with Crippen molar-refractivity contribution in [2.24, 2.45) is 0 Å². The largest absolute Gasteiger partial charge is 0.399 e. The number of nitrogens with one attached hydrogen (secondary N) is 1. The number of halogens is 2. The second-order valence-electron chi connectivity index (χ2n) is 4.25. The molecule has 7 heteroatoms. The minimum absolute atomic E-state index is 0.0125. The van der Waals surface area contributed by atoms with E-state index in [9.17, 15) is 12.8 Å². The third-order valence-corrected chi connectivity index (χ3v) is 4.33. The maximum atomic E-state index is 13.6. The summed E-state index contributed by atoms with van der Waals surface area (Å²) < 4.78 is 40.1. The van der Waals surface area contributed by atoms with Crippen LogP contribution in [0.2, 0.25) is 5.02 Å². The lowest BCUT2D eigenvalue weighted by atomic mass is 10.2. The summed E-state index contributed by atoms with van der Waals surface area (Å²) >= 11 is 5.61. The molecule has 0 aliphatic heterocycles. The second-order valence-corrected chi connectivity index (χ2v) is 6.37. The van der Waals surface area contributed by atoms with Gasteiger partial charge in [-0.2, -0.15) is 0 Å². The summed E-state index contributed by atoms with van der Waals surface area (Å²) in [4.78, 5) is 0.0125. The molecule has 20 heavy (non-hydrogen) atoms. The molecule has 0 saturated heterocycles. The summed E-state index contributed by atoms with van der Waals surface area (Å²) in [6, 6.07) is 7.97. The monoisotopic (exact) mass is 314 g/mol. The molecular weight excluding hydrogens is 303 g/mol. The van der Waals surface area contributed by atoms with Gasteiger partial charge < -0.3 is 5.73 Å². The van der Waals surface area contributed by atoms with Crippen molar-refractivity contribution in [3.63, 3.8) is 0 Å². The molecule has 0 aliphatic rings. The van der Waals surface area contributed by atoms with Crippen LogP contribution in [0.25, 0.3) is 0 Å². The fourth-order valence-electron chi connectivity index (χ4n) is 1.59. The number of hydrogen-bond acceptors (Lipinski definition) is 3. The van der Waals surface area contributed by atoms with Gasteiger partial charge in [-0.25, -0.2) is 12.8 Å². The van der Waals surface area contributed by atoms with Gasteiger partial charge in [-0.3, -0.25) is 4.72 Å². The Labute approximate surface area is 121 Å². The molecule has 0 aromatic heterocycles. The van der Waals surface area contributed by atoms with Crippen molar-refractivity contribution in [3.8, 4) is 0 Å². The predicted molar refractivity (Wildman–Crippen MR) is 77.8 cm³/mol. The summed E-state index contributed by atoms with van der Waals surface area (Å²) in [5, 5.41) is 0.189. The first kappa shape index (κ1) is 14.6. The Bertz CT molecular complexity index is 763. The van der Waals surface area contributed by atoms with Gasteiger partial charge in [-0.05, 0) is 48.9 Å². The lowest BCUT2D eigenvalue weighted by molar-refractivity contribution is 0.598. The fraction of sp³-hybridized carbons (Fsp3) is 0.0769. The molecule has 2 aromatic rings. The molecule has 0 bridgehead atoms. The molecule has 106 valence electrons. The zero-order valence-electron chi connectivity index (χ0n) is 10.5. The van der Waals surface area contributed by atoms with E-state index in [0.29, 0.717) is 11.3 Å². The van der Waals surface area contributed by atoms with Crippen molar-refractivity contribution < 1.29 is 12.8 Å². The third-order valence-electron chi connectivity index (χ3n) is 2.73. The molecule has 0 aliphatic carbocycles. The van der Waals surface area contributed by atoms with Gasteiger partial charge >= 0.3 is 0 Å². The summed E-state index contributed by atoms with van der Waals surface area (Å²) in [7, 11) is -3.88. The summed E-state index contributed by atoms with van der Waals surface area (Å²) in [5.41, 5.74) is 6.59. The van der Waals surface area contributed by atoms with Gasteiger partial charge in [0.15, 0.2) is 0 Å². The number of nitrogen functional groups attached to an aromatic ring is 1. The van der Waals surface area contributed by atoms with Crippen molar-refractivity contribution in [2.45, 2.75) is 11.8 Å². The van der Waals surface area contributed by atoms with Gasteiger partial charge in [0.05, 0.1) is 10.6 Å². The normalized spacial score (nSPS) is 11.3. The molecule has 0 unspecified atom stereocenters. The van der Waals surface area contributed by atoms with E-state index in [1.54, 1.807) is 6.92 Å². The predicted octanol–water partition coefficient (Wildman–Crippen LogP) is 3.17. The van der Waals surface area contributed by atoms with E-state index in [1.807, 2.05) is 0 Å². The fourth-order valence-corrected chi connectivity index (χ4v) is 2.90. The number of rotatable bonds is 3. The van der Waals surface area contributed by atoms with Crippen molar-refractivity contribution >= 4 is 33.0 Å². The highest BCUT2D eigenvalue weighted by Gasteiger charge is 2.17. The Hall–Kier alpha value is -1.79. The molecule has 0 saturated carbocycles. The average molecular weight is 315 g/mol. The molecule has 0 spiro atoms. The number of nitrogens with two attached hydrogens (primary N) is 1. The van der Waals surface area contributed by atoms with Crippen LogP contribution in [0, 0.1) is 12.7 Å². The smallest absolute Gasteiger partial charge is 0.261 e. The van der Waals surface area contributed by atoms with E-state index < -0.39 is 15.8 Å². The quantitative estimate of drug-likeness (QED) is 0.855. The highest BCUT2D eigenvalue weighted by molar-refractivity contribution is 7.92. The van der Waals surface area contributed by atoms with Crippen LogP contribution in [0.15, 0.2) is 41.3 Å². The zero-order chi connectivity index (χ0) is 14.9. The molecule has 2 rings (SSSR count). The highest BCUT2D eigenvalue weighted by Crippen LogP contribution is 2.23. The van der Waals surface area contributed by atoms with Crippen molar-refractivity contribution in [1.29, 1.82) is 0 Å². The zero-order valence-corrected chi connectivity index (χ0v) is 12.1. The van der Waals surface area contributed by atoms with E-state index in [2.05, 4.69) is 4.72 Å². The molecule has 2 aromatic carbocycles. The maximum Gasteiger partial charge on any atom is 0.261 e. The van der Waals surface area contributed by atoms with Gasteiger partial charge in [0.2, 0.25) is 0 Å². The Morgan fingerprint density at radius 2 is 1.90 bits per heavy atom. The van der Waals surface area contributed by atoms with Crippen LogP contribution < -0.4 is 10.5 Å². The minimum Gasteiger partial charge on any atom is -0.399 e. The van der Waals surface area contributed by atoms with Gasteiger partial charge in [0.1, 0.15) is 5.82 Å². The Balaban J connectivity index is 2.38. The van der Waals surface area contributed by atoms with Crippen LogP contribution in [0.3, 0.4) is 0 Å². The number of anilines is 2. The lowest BCUT2D eigenvalue weighted by Gasteiger charge is -2.10. The summed E-state index contributed by atoms with van der Waals surface area (Å²) in [5.74, 6) is -0.742. The first-order valence-electron chi connectivity index (χ1n) is 5.63. The topological polar surface area (TPSA) is 72.2 Å². The first-order valence-corrected chi connectivity index (χ1v) is 7.50. The van der Waals surface area contributed by atoms with E-state index in [0.717, 1.165) is 6.07 Å². The molecule has 3 N–H and O–H groups in total. The highest BCUT2D eigenvalue weighted by atomic mass is 35.5. The standard InChI is InChI=1S/C13H12ClFN2O2S/c1-8-6-10(3-4-12(8)16)20(18,19)17-13-5-2-9(14)7-11(13)15/h2-7,17H,16H2,1H3. The summed E-state index contributed by atoms with van der Waals surface area (Å²) in [6.07, 6.45) is 0. The molecule has 0 radical (unpaired) electrons. The van der Waals surface area contributed by atoms with Crippen molar-refractivity contribution in [1.82, 2.24) is 0 Å². The molecule has 4 nitrogen and oxygen atoms in total. The first-order chi connectivity index (χ1) is 9.29. The van der Waals surface area contributed by atoms with Crippen LogP contribution in [0.1, 0.15) is 5.56 Å². The van der Waals surface area contributed by atoms with Crippen molar-refractivity contribution in [3.05, 3.63) is 52.8 Å². The number of benzene rings is 2. The number of sulfonamides is 1. The minimum atomic E-state index is -3.88. The maximum absolute atomic E-state index is 13.6. The second kappa shape index (κ2) is 5.30. The van der Waals surface area contributed by atoms with Gasteiger partial charge in [-0.1, -0.05) is 11.6 Å². The van der Waals surface area contributed by atoms with E-state index in [-0.39, 0.29) is 15.6 Å². The molecule has 0 fully saturated rings. The van der Waals surface area contributed by atoms with Crippen LogP contribution >= 0.6 is 11.6 Å². The Morgan fingerprint density at radius 1 is 1.20 bits per heavy atom. The van der Waals surface area contributed by atoms with Gasteiger partial charge in [-0.15, -0.1) is 0 Å². The Kier molecular flexibility index (Phi) is 3.87. The van der Waals surface area contributed by atoms with E-state index in [4.69, 9.17) is 17.3 Å². The lowest BCUT2D eigenvalue weighted by Crippen LogP contribution is -2.14. The number of hydrogen-bond donors (Lipinski definition) is 2.